The van der Waals surface area contributed by atoms with E-state index in [0.717, 1.165) is 16.9 Å². The van der Waals surface area contributed by atoms with Crippen molar-refractivity contribution in [1.82, 2.24) is 5.32 Å². The molecule has 64 heavy (non-hydrogen) atoms. The van der Waals surface area contributed by atoms with E-state index in [1.807, 2.05) is 33.8 Å². The number of nitrogens with zero attached hydrogens (tertiary/aromatic N) is 3. The Morgan fingerprint density at radius 1 is 0.875 bits per heavy atom. The molecule has 3 aliphatic rings. The fourth-order valence-corrected chi connectivity index (χ4v) is 10.5. The molecule has 17 heteroatoms. The normalized spacial score (nSPS) is 28.7. The number of nitrogens with one attached hydrogen (secondary N) is 1. The van der Waals surface area contributed by atoms with Gasteiger partial charge in [0.1, 0.15) is 0 Å². The lowest BCUT2D eigenvalue weighted by Crippen LogP contribution is -2.50. The minimum Gasteiger partial charge on any atom is -0.402 e. The third kappa shape index (κ3) is 11.9. The van der Waals surface area contributed by atoms with E-state index >= 15 is 0 Å². The standard InChI is InChI=1S/C47H79N11O6/c1-25(2)40(54)30(12-15-36(51)61)47(10,23-49)28(5)42-32(21-48)46(9,18-17-39(64)55-22-26(3)59)43(58-42)27(4)41-31(13-16-37(52)62)44(6,7)34(57-41)19-33-29(11-14-35(50)60)45(8,24-56-33)20-38(53)63/h19,24,26,28-32,42,59H,11-18,20-23,48-49,54H2,1-10H3,(H2,50,60)(H2,51,61)(H2,52,62)(H2,53,63)(H,55,64)/b33-19-,41-27-. The minimum absolute atomic E-state index is 0.0199. The number of amides is 5. The number of allylic oxidation sites excluding steroid dienone is 6. The van der Waals surface area contributed by atoms with Crippen molar-refractivity contribution in [3.8, 4) is 0 Å². The van der Waals surface area contributed by atoms with Gasteiger partial charge in [-0.2, -0.15) is 0 Å². The second kappa shape index (κ2) is 21.5. The molecule has 0 aromatic carbocycles. The molecule has 0 bridgehead atoms. The summed E-state index contributed by atoms with van der Waals surface area (Å²) in [6, 6.07) is -0.415. The molecule has 3 heterocycles. The predicted molar refractivity (Wildman–Crippen MR) is 253 cm³/mol. The van der Waals surface area contributed by atoms with Gasteiger partial charge in [-0.15, -0.1) is 0 Å². The van der Waals surface area contributed by atoms with Gasteiger partial charge in [0.15, 0.2) is 0 Å². The highest BCUT2D eigenvalue weighted by molar-refractivity contribution is 6.09. The summed E-state index contributed by atoms with van der Waals surface area (Å²) in [5.41, 5.74) is 45.3. The molecule has 0 fully saturated rings. The lowest BCUT2D eigenvalue weighted by molar-refractivity contribution is -0.122. The largest absolute Gasteiger partial charge is 0.402 e. The maximum atomic E-state index is 13.3. The molecule has 358 valence electrons. The van der Waals surface area contributed by atoms with Crippen molar-refractivity contribution in [2.75, 3.05) is 19.6 Å². The van der Waals surface area contributed by atoms with Gasteiger partial charge in [0.05, 0.1) is 12.1 Å². The second-order valence-electron chi connectivity index (χ2n) is 20.2. The SMILES string of the molecule is CC(C)=C(N)C(CCC(N)=O)C(C)(CN)C(C)C1N=C(/C(C)=C2N=C(/C=C3\N=CC(C)(CC(N)=O)C3CCC(N)=O)C(C)(C)C\2CCC(N)=O)C(C)(CCC(=O)NCC(C)O)C1CN. The van der Waals surface area contributed by atoms with Crippen molar-refractivity contribution in [3.63, 3.8) is 0 Å². The lowest BCUT2D eigenvalue weighted by atomic mass is 9.59. The summed E-state index contributed by atoms with van der Waals surface area (Å²) >= 11 is 0. The summed E-state index contributed by atoms with van der Waals surface area (Å²) in [5, 5.41) is 12.7. The highest BCUT2D eigenvalue weighted by Gasteiger charge is 2.55. The zero-order valence-electron chi connectivity index (χ0n) is 40.1. The van der Waals surface area contributed by atoms with Crippen LogP contribution in [0.5, 0.6) is 0 Å². The molecule has 0 saturated carbocycles. The summed E-state index contributed by atoms with van der Waals surface area (Å²) < 4.78 is 0. The molecule has 5 amide bonds. The Bertz CT molecular complexity index is 1980. The Labute approximate surface area is 380 Å². The molecule has 0 aliphatic carbocycles. The zero-order valence-corrected chi connectivity index (χ0v) is 40.1. The van der Waals surface area contributed by atoms with Crippen LogP contribution in [-0.4, -0.2) is 84.1 Å². The van der Waals surface area contributed by atoms with Gasteiger partial charge in [0.2, 0.25) is 29.5 Å². The molecule has 10 unspecified atom stereocenters. The summed E-state index contributed by atoms with van der Waals surface area (Å²) in [6.07, 6.45) is 4.79. The predicted octanol–water partition coefficient (Wildman–Crippen LogP) is 2.77. The van der Waals surface area contributed by atoms with Crippen LogP contribution in [0.25, 0.3) is 0 Å². The van der Waals surface area contributed by atoms with Crippen molar-refractivity contribution in [2.24, 2.45) is 106 Å². The van der Waals surface area contributed by atoms with Gasteiger partial charge in [-0.25, -0.2) is 0 Å². The molecule has 17 nitrogen and oxygen atoms in total. The molecule has 0 aromatic rings. The number of aliphatic imine (C=N–C) groups is 3. The van der Waals surface area contributed by atoms with Crippen molar-refractivity contribution < 1.29 is 29.1 Å². The Balaban J connectivity index is 2.38. The number of primary amides is 4. The minimum atomic E-state index is -0.783. The highest BCUT2D eigenvalue weighted by atomic mass is 16.3. The molecule has 0 spiro atoms. The van der Waals surface area contributed by atoms with E-state index in [1.54, 1.807) is 13.1 Å². The van der Waals surface area contributed by atoms with E-state index in [0.29, 0.717) is 48.5 Å². The van der Waals surface area contributed by atoms with Gasteiger partial charge in [-0.05, 0) is 89.4 Å². The molecule has 3 aliphatic heterocycles. The maximum absolute atomic E-state index is 13.3. The molecule has 16 N–H and O–H groups in total. The van der Waals surface area contributed by atoms with Gasteiger partial charge in [-0.1, -0.05) is 47.1 Å². The number of aliphatic hydroxyl groups is 1. The highest BCUT2D eigenvalue weighted by Crippen LogP contribution is 2.54. The van der Waals surface area contributed by atoms with Gasteiger partial charge in [0.25, 0.3) is 0 Å². The van der Waals surface area contributed by atoms with Crippen LogP contribution in [0, 0.1) is 51.2 Å². The maximum Gasteiger partial charge on any atom is 0.220 e. The molecule has 10 atom stereocenters. The molecule has 0 radical (unpaired) electrons. The van der Waals surface area contributed by atoms with Crippen LogP contribution in [0.3, 0.4) is 0 Å². The average molecular weight is 894 g/mol. The number of aliphatic hydroxyl groups excluding tert-OH is 1. The van der Waals surface area contributed by atoms with Gasteiger partial charge >= 0.3 is 0 Å². The van der Waals surface area contributed by atoms with E-state index in [-0.39, 0.29) is 87.2 Å². The molecule has 0 aromatic heterocycles. The summed E-state index contributed by atoms with van der Waals surface area (Å²) in [7, 11) is 0. The number of hydrogen-bond acceptors (Lipinski definition) is 12. The molecular formula is C47H79N11O6. The first-order valence-corrected chi connectivity index (χ1v) is 22.7. The smallest absolute Gasteiger partial charge is 0.220 e. The van der Waals surface area contributed by atoms with Crippen LogP contribution >= 0.6 is 0 Å². The van der Waals surface area contributed by atoms with Crippen molar-refractivity contribution in [3.05, 3.63) is 34.3 Å². The lowest BCUT2D eigenvalue weighted by Gasteiger charge is -2.46. The number of nitrogens with two attached hydrogens (primary N) is 7. The number of hydrogen-bond donors (Lipinski definition) is 9. The number of rotatable bonds is 24. The number of carbonyl (C=O) groups excluding carboxylic acids is 5. The topological polar surface area (TPSA) is 337 Å². The monoisotopic (exact) mass is 894 g/mol. The summed E-state index contributed by atoms with van der Waals surface area (Å²) in [4.78, 5) is 77.9. The van der Waals surface area contributed by atoms with E-state index in [9.17, 15) is 29.1 Å². The average Bonchev–Trinajstić information content (AvgIpc) is 3.76. The van der Waals surface area contributed by atoms with Crippen LogP contribution in [0.2, 0.25) is 0 Å². The van der Waals surface area contributed by atoms with Crippen LogP contribution in [-0.2, 0) is 24.0 Å². The van der Waals surface area contributed by atoms with Crippen LogP contribution in [0.1, 0.15) is 127 Å². The first-order chi connectivity index (χ1) is 29.6. The second-order valence-corrected chi connectivity index (χ2v) is 20.2. The van der Waals surface area contributed by atoms with E-state index in [4.69, 9.17) is 55.1 Å². The van der Waals surface area contributed by atoms with Crippen molar-refractivity contribution >= 4 is 47.2 Å². The van der Waals surface area contributed by atoms with Crippen molar-refractivity contribution in [2.45, 2.75) is 139 Å². The Hall–Kier alpha value is -4.74. The van der Waals surface area contributed by atoms with Crippen molar-refractivity contribution in [1.29, 1.82) is 0 Å². The Morgan fingerprint density at radius 3 is 1.95 bits per heavy atom. The van der Waals surface area contributed by atoms with Crippen LogP contribution < -0.4 is 45.5 Å². The van der Waals surface area contributed by atoms with Crippen LogP contribution in [0.15, 0.2) is 49.3 Å². The fraction of sp³-hybridized carbons (Fsp3) is 0.702. The van der Waals surface area contributed by atoms with Gasteiger partial charge in [0, 0.05) is 113 Å². The first-order valence-electron chi connectivity index (χ1n) is 22.7. The van der Waals surface area contributed by atoms with E-state index in [2.05, 4.69) is 39.9 Å². The summed E-state index contributed by atoms with van der Waals surface area (Å²) in [6.45, 7) is 20.2. The van der Waals surface area contributed by atoms with E-state index < -0.39 is 57.4 Å². The fourth-order valence-electron chi connectivity index (χ4n) is 10.5. The third-order valence-corrected chi connectivity index (χ3v) is 14.9. The number of carbonyl (C=O) groups is 5. The van der Waals surface area contributed by atoms with E-state index in [1.165, 1.54) is 0 Å². The quantitative estimate of drug-likeness (QED) is 0.0687. The Kier molecular flexibility index (Phi) is 18.0. The summed E-state index contributed by atoms with van der Waals surface area (Å²) in [5.74, 6) is -3.64. The zero-order chi connectivity index (χ0) is 48.7. The van der Waals surface area contributed by atoms with Gasteiger partial charge in [-0.3, -0.25) is 38.9 Å². The first kappa shape index (κ1) is 53.6. The molecule has 0 saturated heterocycles. The van der Waals surface area contributed by atoms with Crippen LogP contribution in [0.4, 0.5) is 0 Å². The third-order valence-electron chi connectivity index (χ3n) is 14.9. The van der Waals surface area contributed by atoms with Gasteiger partial charge < -0.3 is 50.6 Å². The molecule has 3 rings (SSSR count). The Morgan fingerprint density at radius 2 is 1.45 bits per heavy atom. The molecular weight excluding hydrogens is 815 g/mol.